The highest BCUT2D eigenvalue weighted by atomic mass is 16.5. The van der Waals surface area contributed by atoms with Crippen LogP contribution in [0.4, 0.5) is 0 Å². The predicted molar refractivity (Wildman–Crippen MR) is 85.9 cm³/mol. The van der Waals surface area contributed by atoms with E-state index in [0.29, 0.717) is 13.1 Å². The van der Waals surface area contributed by atoms with Crippen LogP contribution in [-0.2, 0) is 9.53 Å². The molecule has 1 saturated heterocycles. The Kier molecular flexibility index (Phi) is 3.69. The predicted octanol–water partition coefficient (Wildman–Crippen LogP) is 3.37. The van der Waals surface area contributed by atoms with E-state index in [1.165, 1.54) is 0 Å². The van der Waals surface area contributed by atoms with Crippen molar-refractivity contribution in [3.63, 3.8) is 0 Å². The number of rotatable bonds is 3. The van der Waals surface area contributed by atoms with Gasteiger partial charge in [0.15, 0.2) is 0 Å². The molecule has 0 spiro atoms. The van der Waals surface area contributed by atoms with Crippen molar-refractivity contribution in [2.45, 2.75) is 31.5 Å². The Labute approximate surface area is 136 Å². The summed E-state index contributed by atoms with van der Waals surface area (Å²) in [4.78, 5) is 14.8. The third-order valence-corrected chi connectivity index (χ3v) is 4.76. The molecule has 0 N–H and O–H groups in total. The van der Waals surface area contributed by atoms with Crippen LogP contribution in [0.1, 0.15) is 36.7 Å². The summed E-state index contributed by atoms with van der Waals surface area (Å²) in [6.07, 6.45) is 2.59. The van der Waals surface area contributed by atoms with Crippen LogP contribution < -0.4 is 0 Å². The van der Waals surface area contributed by atoms with Crippen LogP contribution in [0.25, 0.3) is 0 Å². The summed E-state index contributed by atoms with van der Waals surface area (Å²) in [5.41, 5.74) is 1.13. The molecule has 2 fully saturated rings. The Hall–Kier alpha value is -2.07. The fourth-order valence-electron chi connectivity index (χ4n) is 3.50. The maximum Gasteiger partial charge on any atom is 0.226 e. The van der Waals surface area contributed by atoms with E-state index in [9.17, 15) is 4.79 Å². The van der Waals surface area contributed by atoms with E-state index in [4.69, 9.17) is 9.15 Å². The van der Waals surface area contributed by atoms with Gasteiger partial charge in [0.05, 0.1) is 18.9 Å². The average Bonchev–Trinajstić information content (AvgIpc) is 3.19. The van der Waals surface area contributed by atoms with Crippen molar-refractivity contribution in [2.24, 2.45) is 5.92 Å². The van der Waals surface area contributed by atoms with Crippen molar-refractivity contribution in [2.75, 3.05) is 13.1 Å². The van der Waals surface area contributed by atoms with Gasteiger partial charge in [0.2, 0.25) is 5.91 Å². The van der Waals surface area contributed by atoms with Crippen LogP contribution >= 0.6 is 0 Å². The van der Waals surface area contributed by atoms with Crippen molar-refractivity contribution in [3.8, 4) is 0 Å². The number of carbonyl (C=O) groups excluding carboxylic acids is 1. The van der Waals surface area contributed by atoms with E-state index in [1.54, 1.807) is 6.26 Å². The molecule has 2 aliphatic rings. The minimum Gasteiger partial charge on any atom is -0.469 e. The smallest absolute Gasteiger partial charge is 0.226 e. The SMILES string of the molecule is C[C@@H]1CN(C(=O)[C@@H]2C[C@@H]2c2ccco2)C[C@@H](c2ccccc2)O1. The molecular weight excluding hydrogens is 290 g/mol. The number of hydrogen-bond donors (Lipinski definition) is 0. The lowest BCUT2D eigenvalue weighted by Gasteiger charge is -2.37. The number of furan rings is 1. The summed E-state index contributed by atoms with van der Waals surface area (Å²) >= 11 is 0. The van der Waals surface area contributed by atoms with Gasteiger partial charge in [-0.2, -0.15) is 0 Å². The molecule has 0 radical (unpaired) electrons. The Morgan fingerprint density at radius 2 is 1.96 bits per heavy atom. The van der Waals surface area contributed by atoms with Crippen LogP contribution in [0.3, 0.4) is 0 Å². The molecule has 0 bridgehead atoms. The molecule has 120 valence electrons. The fourth-order valence-corrected chi connectivity index (χ4v) is 3.50. The molecule has 4 heteroatoms. The third kappa shape index (κ3) is 2.91. The van der Waals surface area contributed by atoms with Crippen LogP contribution in [0.5, 0.6) is 0 Å². The number of carbonyl (C=O) groups is 1. The van der Waals surface area contributed by atoms with Crippen molar-refractivity contribution in [1.82, 2.24) is 4.90 Å². The summed E-state index contributed by atoms with van der Waals surface area (Å²) < 4.78 is 11.5. The van der Waals surface area contributed by atoms with E-state index in [1.807, 2.05) is 42.2 Å². The largest absolute Gasteiger partial charge is 0.469 e. The second-order valence-electron chi connectivity index (χ2n) is 6.55. The molecule has 4 atom stereocenters. The van der Waals surface area contributed by atoms with Gasteiger partial charge in [-0.05, 0) is 31.0 Å². The first-order valence-corrected chi connectivity index (χ1v) is 8.25. The Bertz CT molecular complexity index is 667. The number of nitrogens with zero attached hydrogens (tertiary/aromatic N) is 1. The van der Waals surface area contributed by atoms with Gasteiger partial charge >= 0.3 is 0 Å². The lowest BCUT2D eigenvalue weighted by molar-refractivity contribution is -0.146. The van der Waals surface area contributed by atoms with Crippen molar-refractivity contribution >= 4 is 5.91 Å². The molecule has 23 heavy (non-hydrogen) atoms. The van der Waals surface area contributed by atoms with Gasteiger partial charge in [-0.15, -0.1) is 0 Å². The highest BCUT2D eigenvalue weighted by molar-refractivity contribution is 5.83. The summed E-state index contributed by atoms with van der Waals surface area (Å²) in [5, 5.41) is 0. The monoisotopic (exact) mass is 311 g/mol. The summed E-state index contributed by atoms with van der Waals surface area (Å²) in [7, 11) is 0. The number of ether oxygens (including phenoxy) is 1. The van der Waals surface area contributed by atoms with Crippen molar-refractivity contribution in [1.29, 1.82) is 0 Å². The van der Waals surface area contributed by atoms with Crippen molar-refractivity contribution in [3.05, 3.63) is 60.1 Å². The number of hydrogen-bond acceptors (Lipinski definition) is 3. The highest BCUT2D eigenvalue weighted by Crippen LogP contribution is 2.49. The Morgan fingerprint density at radius 1 is 1.13 bits per heavy atom. The second kappa shape index (κ2) is 5.85. The van der Waals surface area contributed by atoms with Crippen LogP contribution in [0, 0.1) is 5.92 Å². The highest BCUT2D eigenvalue weighted by Gasteiger charge is 2.48. The fraction of sp³-hybridized carbons (Fsp3) is 0.421. The van der Waals surface area contributed by atoms with Gasteiger partial charge in [-0.1, -0.05) is 30.3 Å². The molecule has 1 amide bonds. The third-order valence-electron chi connectivity index (χ3n) is 4.76. The molecule has 2 heterocycles. The first kappa shape index (κ1) is 14.5. The summed E-state index contributed by atoms with van der Waals surface area (Å²) in [6.45, 7) is 3.34. The standard InChI is InChI=1S/C19H21NO3/c1-13-11-20(12-18(23-13)14-6-3-2-4-7-14)19(21)16-10-15(16)17-8-5-9-22-17/h2-9,13,15-16,18H,10-12H2,1H3/t13-,15+,16-,18+/m1/s1. The van der Waals surface area contributed by atoms with Gasteiger partial charge < -0.3 is 14.1 Å². The zero-order valence-corrected chi connectivity index (χ0v) is 13.2. The topological polar surface area (TPSA) is 42.7 Å². The lowest BCUT2D eigenvalue weighted by Crippen LogP contribution is -2.46. The summed E-state index contributed by atoms with van der Waals surface area (Å²) in [6, 6.07) is 14.0. The first-order valence-electron chi connectivity index (χ1n) is 8.25. The molecule has 2 aromatic rings. The molecule has 4 rings (SSSR count). The maximum atomic E-state index is 12.8. The van der Waals surface area contributed by atoms with E-state index in [-0.39, 0.29) is 30.0 Å². The van der Waals surface area contributed by atoms with Crippen LogP contribution in [0.15, 0.2) is 53.1 Å². The lowest BCUT2D eigenvalue weighted by atomic mass is 10.1. The quantitative estimate of drug-likeness (QED) is 0.873. The first-order chi connectivity index (χ1) is 11.2. The number of amides is 1. The molecule has 1 aliphatic carbocycles. The Morgan fingerprint density at radius 3 is 2.70 bits per heavy atom. The molecule has 0 unspecified atom stereocenters. The Balaban J connectivity index is 1.45. The number of benzene rings is 1. The van der Waals surface area contributed by atoms with Crippen LogP contribution in [-0.4, -0.2) is 30.0 Å². The van der Waals surface area contributed by atoms with Gasteiger partial charge in [0, 0.05) is 18.4 Å². The van der Waals surface area contributed by atoms with Crippen LogP contribution in [0.2, 0.25) is 0 Å². The minimum absolute atomic E-state index is 0.0373. The molecule has 1 aliphatic heterocycles. The zero-order valence-electron chi connectivity index (χ0n) is 13.2. The van der Waals surface area contributed by atoms with Gasteiger partial charge in [0.25, 0.3) is 0 Å². The molecule has 4 nitrogen and oxygen atoms in total. The van der Waals surface area contributed by atoms with E-state index < -0.39 is 0 Å². The second-order valence-corrected chi connectivity index (χ2v) is 6.55. The molecule has 1 saturated carbocycles. The van der Waals surface area contributed by atoms with Crippen molar-refractivity contribution < 1.29 is 13.9 Å². The van der Waals surface area contributed by atoms with E-state index >= 15 is 0 Å². The normalized spacial score (nSPS) is 30.2. The molecule has 1 aromatic heterocycles. The maximum absolute atomic E-state index is 12.8. The van der Waals surface area contributed by atoms with E-state index in [2.05, 4.69) is 12.1 Å². The average molecular weight is 311 g/mol. The van der Waals surface area contributed by atoms with Gasteiger partial charge in [0.1, 0.15) is 11.9 Å². The van der Waals surface area contributed by atoms with E-state index in [0.717, 1.165) is 17.7 Å². The molecule has 1 aromatic carbocycles. The molecular formula is C19H21NO3. The van der Waals surface area contributed by atoms with Gasteiger partial charge in [-0.3, -0.25) is 4.79 Å². The number of morpholine rings is 1. The van der Waals surface area contributed by atoms with Gasteiger partial charge in [-0.25, -0.2) is 0 Å². The summed E-state index contributed by atoms with van der Waals surface area (Å²) in [5.74, 6) is 1.50. The minimum atomic E-state index is -0.0373. The zero-order chi connectivity index (χ0) is 15.8.